The lowest BCUT2D eigenvalue weighted by molar-refractivity contribution is 0.254. The molecular formula is C21H35NO. The molecule has 23 heavy (non-hydrogen) atoms. The molecule has 0 N–H and O–H groups in total. The highest BCUT2D eigenvalue weighted by atomic mass is 16.5. The lowest BCUT2D eigenvalue weighted by Gasteiger charge is -2.24. The van der Waals surface area contributed by atoms with Gasteiger partial charge < -0.3 is 9.64 Å². The summed E-state index contributed by atoms with van der Waals surface area (Å²) in [6.07, 6.45) is 8.00. The third-order valence-corrected chi connectivity index (χ3v) is 4.77. The topological polar surface area (TPSA) is 12.5 Å². The van der Waals surface area contributed by atoms with Crippen LogP contribution in [0.1, 0.15) is 70.4 Å². The van der Waals surface area contributed by atoms with Gasteiger partial charge in [0.1, 0.15) is 5.75 Å². The van der Waals surface area contributed by atoms with Gasteiger partial charge in [-0.1, -0.05) is 51.3 Å². The van der Waals surface area contributed by atoms with Crippen LogP contribution in [-0.2, 0) is 5.41 Å². The molecule has 1 saturated heterocycles. The van der Waals surface area contributed by atoms with Gasteiger partial charge in [0.15, 0.2) is 0 Å². The first kappa shape index (κ1) is 18.3. The maximum atomic E-state index is 6.11. The minimum absolute atomic E-state index is 0.132. The smallest absolute Gasteiger partial charge is 0.123 e. The van der Waals surface area contributed by atoms with Gasteiger partial charge in [-0.15, -0.1) is 0 Å². The third-order valence-electron chi connectivity index (χ3n) is 4.77. The normalized spacial score (nSPS) is 17.0. The van der Waals surface area contributed by atoms with Crippen molar-refractivity contribution >= 4 is 0 Å². The number of benzene rings is 1. The summed E-state index contributed by atoms with van der Waals surface area (Å²) in [5.74, 6) is 1.07. The van der Waals surface area contributed by atoms with Gasteiger partial charge in [0.25, 0.3) is 0 Å². The van der Waals surface area contributed by atoms with Crippen molar-refractivity contribution in [2.75, 3.05) is 26.2 Å². The predicted molar refractivity (Wildman–Crippen MR) is 99.5 cm³/mol. The molecule has 1 aromatic carbocycles. The summed E-state index contributed by atoms with van der Waals surface area (Å²) in [5.41, 5.74) is 2.77. The first-order valence-corrected chi connectivity index (χ1v) is 9.43. The Balaban J connectivity index is 1.76. The lowest BCUT2D eigenvalue weighted by atomic mass is 9.85. The summed E-state index contributed by atoms with van der Waals surface area (Å²) >= 11 is 0. The van der Waals surface area contributed by atoms with Gasteiger partial charge in [-0.2, -0.15) is 0 Å². The van der Waals surface area contributed by atoms with Gasteiger partial charge in [0.2, 0.25) is 0 Å². The summed E-state index contributed by atoms with van der Waals surface area (Å²) in [7, 11) is 0. The molecule has 0 atom stereocenters. The molecule has 130 valence electrons. The van der Waals surface area contributed by atoms with Crippen molar-refractivity contribution in [3.63, 3.8) is 0 Å². The number of nitrogens with zero attached hydrogens (tertiary/aromatic N) is 1. The van der Waals surface area contributed by atoms with Crippen LogP contribution < -0.4 is 4.74 Å². The van der Waals surface area contributed by atoms with E-state index < -0.39 is 0 Å². The van der Waals surface area contributed by atoms with Crippen molar-refractivity contribution < 1.29 is 4.74 Å². The second kappa shape index (κ2) is 8.73. The Hall–Kier alpha value is -1.02. The molecule has 2 nitrogen and oxygen atoms in total. The van der Waals surface area contributed by atoms with Crippen molar-refractivity contribution in [3.05, 3.63) is 29.3 Å². The van der Waals surface area contributed by atoms with Gasteiger partial charge in [-0.05, 0) is 69.3 Å². The molecule has 1 aliphatic heterocycles. The molecule has 0 aromatic heterocycles. The average Bonchev–Trinajstić information content (AvgIpc) is 2.76. The number of unbranched alkanes of at least 4 members (excludes halogenated alkanes) is 1. The minimum atomic E-state index is 0.132. The zero-order chi connectivity index (χ0) is 16.7. The Bertz CT molecular complexity index is 467. The van der Waals surface area contributed by atoms with E-state index in [1.165, 1.54) is 62.9 Å². The van der Waals surface area contributed by atoms with E-state index in [4.69, 9.17) is 4.74 Å². The molecule has 0 amide bonds. The first-order chi connectivity index (χ1) is 11.0. The van der Waals surface area contributed by atoms with E-state index in [0.717, 1.165) is 18.8 Å². The maximum absolute atomic E-state index is 6.11. The molecule has 0 bridgehead atoms. The Labute approximate surface area is 143 Å². The van der Waals surface area contributed by atoms with E-state index >= 15 is 0 Å². The van der Waals surface area contributed by atoms with Crippen LogP contribution in [0.25, 0.3) is 0 Å². The molecule has 0 saturated carbocycles. The van der Waals surface area contributed by atoms with Gasteiger partial charge in [-0.3, -0.25) is 0 Å². The summed E-state index contributed by atoms with van der Waals surface area (Å²) in [4.78, 5) is 2.64. The van der Waals surface area contributed by atoms with E-state index in [9.17, 15) is 0 Å². The molecule has 1 heterocycles. The number of likely N-dealkylation sites (tertiary alicyclic amines) is 1. The molecule has 0 radical (unpaired) electrons. The largest absolute Gasteiger partial charge is 0.493 e. The SMILES string of the molecule is Cc1ccc(OCCCCN2CCCCCC2)c(C(C)(C)C)c1. The Morgan fingerprint density at radius 3 is 2.35 bits per heavy atom. The number of aryl methyl sites for hydroxylation is 1. The molecule has 0 spiro atoms. The summed E-state index contributed by atoms with van der Waals surface area (Å²) < 4.78 is 6.11. The fourth-order valence-corrected chi connectivity index (χ4v) is 3.34. The average molecular weight is 318 g/mol. The second-order valence-electron chi connectivity index (χ2n) is 8.06. The fourth-order valence-electron chi connectivity index (χ4n) is 3.34. The van der Waals surface area contributed by atoms with Crippen LogP contribution in [0, 0.1) is 6.92 Å². The highest BCUT2D eigenvalue weighted by Crippen LogP contribution is 2.32. The molecule has 1 fully saturated rings. The summed E-state index contributed by atoms with van der Waals surface area (Å²) in [5, 5.41) is 0. The van der Waals surface area contributed by atoms with E-state index in [-0.39, 0.29) is 5.41 Å². The van der Waals surface area contributed by atoms with Crippen LogP contribution in [0.3, 0.4) is 0 Å². The molecule has 1 aromatic rings. The van der Waals surface area contributed by atoms with E-state index in [1.54, 1.807) is 0 Å². The van der Waals surface area contributed by atoms with Gasteiger partial charge >= 0.3 is 0 Å². The van der Waals surface area contributed by atoms with E-state index in [2.05, 4.69) is 50.8 Å². The molecule has 0 aliphatic carbocycles. The zero-order valence-corrected chi connectivity index (χ0v) is 15.7. The zero-order valence-electron chi connectivity index (χ0n) is 15.7. The highest BCUT2D eigenvalue weighted by Gasteiger charge is 2.19. The molecule has 2 heteroatoms. The van der Waals surface area contributed by atoms with Crippen molar-refractivity contribution in [2.45, 2.75) is 71.6 Å². The fraction of sp³-hybridized carbons (Fsp3) is 0.714. The van der Waals surface area contributed by atoms with E-state index in [1.807, 2.05) is 0 Å². The molecule has 2 rings (SSSR count). The van der Waals surface area contributed by atoms with Crippen LogP contribution in [0.2, 0.25) is 0 Å². The van der Waals surface area contributed by atoms with Gasteiger partial charge in [0, 0.05) is 0 Å². The van der Waals surface area contributed by atoms with Crippen LogP contribution in [0.4, 0.5) is 0 Å². The quantitative estimate of drug-likeness (QED) is 0.658. The van der Waals surface area contributed by atoms with Crippen LogP contribution >= 0.6 is 0 Å². The van der Waals surface area contributed by atoms with Crippen LogP contribution in [0.15, 0.2) is 18.2 Å². The first-order valence-electron chi connectivity index (χ1n) is 9.43. The van der Waals surface area contributed by atoms with E-state index in [0.29, 0.717) is 0 Å². The molecular weight excluding hydrogens is 282 g/mol. The van der Waals surface area contributed by atoms with Crippen LogP contribution in [0.5, 0.6) is 5.75 Å². The Kier molecular flexibility index (Phi) is 6.95. The number of hydrogen-bond donors (Lipinski definition) is 0. The number of ether oxygens (including phenoxy) is 1. The van der Waals surface area contributed by atoms with Crippen molar-refractivity contribution in [1.29, 1.82) is 0 Å². The Morgan fingerprint density at radius 2 is 1.70 bits per heavy atom. The monoisotopic (exact) mass is 317 g/mol. The van der Waals surface area contributed by atoms with Gasteiger partial charge in [-0.25, -0.2) is 0 Å². The van der Waals surface area contributed by atoms with Crippen molar-refractivity contribution in [1.82, 2.24) is 4.90 Å². The maximum Gasteiger partial charge on any atom is 0.123 e. The second-order valence-corrected chi connectivity index (χ2v) is 8.06. The molecule has 0 unspecified atom stereocenters. The number of hydrogen-bond acceptors (Lipinski definition) is 2. The standard InChI is InChI=1S/C21H35NO/c1-18-11-12-20(19(17-18)21(2,3)4)23-16-10-9-15-22-13-7-5-6-8-14-22/h11-12,17H,5-10,13-16H2,1-4H3. The van der Waals surface area contributed by atoms with Gasteiger partial charge in [0.05, 0.1) is 6.61 Å². The van der Waals surface area contributed by atoms with Crippen LogP contribution in [-0.4, -0.2) is 31.1 Å². The Morgan fingerprint density at radius 1 is 1.00 bits per heavy atom. The lowest BCUT2D eigenvalue weighted by Crippen LogP contribution is -2.26. The van der Waals surface area contributed by atoms with Crippen molar-refractivity contribution in [2.24, 2.45) is 0 Å². The minimum Gasteiger partial charge on any atom is -0.493 e. The summed E-state index contributed by atoms with van der Waals surface area (Å²) in [6, 6.07) is 6.57. The molecule has 1 aliphatic rings. The summed E-state index contributed by atoms with van der Waals surface area (Å²) in [6.45, 7) is 13.6. The number of rotatable bonds is 6. The van der Waals surface area contributed by atoms with Crippen molar-refractivity contribution in [3.8, 4) is 5.75 Å². The third kappa shape index (κ3) is 6.18. The highest BCUT2D eigenvalue weighted by molar-refractivity contribution is 5.41. The predicted octanol–water partition coefficient (Wildman–Crippen LogP) is 5.33.